The van der Waals surface area contributed by atoms with Crippen LogP contribution in [0.15, 0.2) is 66.9 Å². The number of ether oxygens (including phenoxy) is 3. The van der Waals surface area contributed by atoms with Gasteiger partial charge in [0.1, 0.15) is 17.2 Å². The van der Waals surface area contributed by atoms with E-state index in [2.05, 4.69) is 14.5 Å². The highest BCUT2D eigenvalue weighted by atomic mass is 19.4. The lowest BCUT2D eigenvalue weighted by Gasteiger charge is -2.29. The number of benzene rings is 2. The fraction of sp³-hybridized carbons (Fsp3) is 0.292. The molecule has 0 radical (unpaired) electrons. The molecule has 2 aromatic carbocycles. The van der Waals surface area contributed by atoms with Gasteiger partial charge in [0.15, 0.2) is 6.10 Å². The number of hydrogen-bond donors (Lipinski definition) is 1. The quantitative estimate of drug-likeness (QED) is 0.247. The Morgan fingerprint density at radius 3 is 2.18 bits per heavy atom. The van der Waals surface area contributed by atoms with E-state index >= 15 is 0 Å². The summed E-state index contributed by atoms with van der Waals surface area (Å²) >= 11 is 0. The second kappa shape index (κ2) is 12.3. The van der Waals surface area contributed by atoms with Crippen LogP contribution in [-0.2, 0) is 6.54 Å². The van der Waals surface area contributed by atoms with Crippen molar-refractivity contribution in [1.29, 1.82) is 0 Å². The van der Waals surface area contributed by atoms with Gasteiger partial charge in [0.2, 0.25) is 5.88 Å². The smallest absolute Gasteiger partial charge is 0.457 e. The number of rotatable bonds is 12. The number of alkyl halides is 9. The number of aromatic nitrogens is 1. The lowest BCUT2D eigenvalue weighted by Crippen LogP contribution is -2.40. The lowest BCUT2D eigenvalue weighted by atomic mass is 10.1. The van der Waals surface area contributed by atoms with Crippen LogP contribution in [0.2, 0.25) is 0 Å². The molecule has 0 saturated carbocycles. The van der Waals surface area contributed by atoms with Crippen molar-refractivity contribution in [3.8, 4) is 23.1 Å². The minimum atomic E-state index is -5.01. The normalized spacial score (nSPS) is 12.9. The molecule has 1 atom stereocenters. The van der Waals surface area contributed by atoms with E-state index in [-0.39, 0.29) is 22.7 Å². The van der Waals surface area contributed by atoms with Crippen LogP contribution in [0.1, 0.15) is 5.56 Å². The topological polar surface area (TPSA) is 64.1 Å². The van der Waals surface area contributed by atoms with Crippen molar-refractivity contribution in [2.45, 2.75) is 38.0 Å². The molecule has 0 aliphatic carbocycles. The van der Waals surface area contributed by atoms with Crippen molar-refractivity contribution in [2.75, 3.05) is 11.4 Å². The number of nitrogens with zero attached hydrogens (tertiary/aromatic N) is 2. The summed E-state index contributed by atoms with van der Waals surface area (Å²) in [4.78, 5) is 4.62. The standard InChI is InChI=1S/C24H19F9N2O4/c25-21(26)24(32,33)39-18-6-1-3-14(9-18)12-35(13-19(36)23(29,30)31)15-4-2-5-16(10-15)37-17-7-8-34-20(11-17)38-22(27)28/h1-11,19,21-22,36H,12-13H2. The Balaban J connectivity index is 1.87. The molecule has 1 N–H and O–H groups in total. The highest BCUT2D eigenvalue weighted by molar-refractivity contribution is 5.52. The Morgan fingerprint density at radius 1 is 0.846 bits per heavy atom. The van der Waals surface area contributed by atoms with Crippen molar-refractivity contribution in [2.24, 2.45) is 0 Å². The van der Waals surface area contributed by atoms with E-state index in [1.807, 2.05) is 0 Å². The summed E-state index contributed by atoms with van der Waals surface area (Å²) in [5, 5.41) is 9.68. The highest BCUT2D eigenvalue weighted by Crippen LogP contribution is 2.32. The summed E-state index contributed by atoms with van der Waals surface area (Å²) in [6, 6.07) is 12.2. The van der Waals surface area contributed by atoms with Gasteiger partial charge in [-0.25, -0.2) is 4.98 Å². The summed E-state index contributed by atoms with van der Waals surface area (Å²) in [5.74, 6) is -1.06. The summed E-state index contributed by atoms with van der Waals surface area (Å²) in [6.07, 6.45) is -15.6. The number of aliphatic hydroxyl groups excluding tert-OH is 1. The van der Waals surface area contributed by atoms with Crippen LogP contribution in [0.4, 0.5) is 45.2 Å². The molecule has 0 spiro atoms. The van der Waals surface area contributed by atoms with Crippen LogP contribution < -0.4 is 19.1 Å². The van der Waals surface area contributed by atoms with Crippen LogP contribution in [0.3, 0.4) is 0 Å². The van der Waals surface area contributed by atoms with Gasteiger partial charge in [-0.3, -0.25) is 0 Å². The van der Waals surface area contributed by atoms with E-state index in [0.29, 0.717) is 0 Å². The monoisotopic (exact) mass is 570 g/mol. The molecule has 3 rings (SSSR count). The van der Waals surface area contributed by atoms with Crippen molar-refractivity contribution in [1.82, 2.24) is 4.98 Å². The third kappa shape index (κ3) is 8.84. The molecular formula is C24H19F9N2O4. The molecule has 0 saturated heterocycles. The molecule has 0 aliphatic heterocycles. The van der Waals surface area contributed by atoms with E-state index in [1.165, 1.54) is 42.5 Å². The van der Waals surface area contributed by atoms with Crippen molar-refractivity contribution in [3.63, 3.8) is 0 Å². The molecule has 0 aliphatic rings. The predicted octanol–water partition coefficient (Wildman–Crippen LogP) is 6.64. The Hall–Kier alpha value is -3.88. The summed E-state index contributed by atoms with van der Waals surface area (Å²) in [5.41, 5.74) is 0.152. The number of pyridine rings is 1. The fourth-order valence-corrected chi connectivity index (χ4v) is 3.19. The zero-order chi connectivity index (χ0) is 28.8. The van der Waals surface area contributed by atoms with Gasteiger partial charge in [0.05, 0.1) is 6.54 Å². The maximum absolute atomic E-state index is 13.3. The van der Waals surface area contributed by atoms with Crippen LogP contribution in [-0.4, -0.2) is 48.1 Å². The molecule has 1 aromatic heterocycles. The van der Waals surface area contributed by atoms with Gasteiger partial charge in [0.25, 0.3) is 0 Å². The maximum atomic E-state index is 13.3. The summed E-state index contributed by atoms with van der Waals surface area (Å²) in [7, 11) is 0. The lowest BCUT2D eigenvalue weighted by molar-refractivity contribution is -0.253. The van der Waals surface area contributed by atoms with Crippen LogP contribution >= 0.6 is 0 Å². The van der Waals surface area contributed by atoms with Crippen LogP contribution in [0.25, 0.3) is 0 Å². The van der Waals surface area contributed by atoms with Gasteiger partial charge >= 0.3 is 25.3 Å². The van der Waals surface area contributed by atoms with Gasteiger partial charge in [-0.1, -0.05) is 18.2 Å². The molecule has 212 valence electrons. The van der Waals surface area contributed by atoms with Crippen molar-refractivity contribution >= 4 is 5.69 Å². The first-order chi connectivity index (χ1) is 18.2. The molecule has 3 aromatic rings. The second-order valence-electron chi connectivity index (χ2n) is 7.86. The third-order valence-corrected chi connectivity index (χ3v) is 4.89. The van der Waals surface area contributed by atoms with Gasteiger partial charge in [-0.2, -0.15) is 39.5 Å². The average molecular weight is 570 g/mol. The average Bonchev–Trinajstić information content (AvgIpc) is 2.83. The first-order valence-corrected chi connectivity index (χ1v) is 10.9. The van der Waals surface area contributed by atoms with Crippen molar-refractivity contribution < 1.29 is 58.8 Å². The van der Waals surface area contributed by atoms with Crippen LogP contribution in [0.5, 0.6) is 23.1 Å². The maximum Gasteiger partial charge on any atom is 0.461 e. The molecule has 39 heavy (non-hydrogen) atoms. The van der Waals surface area contributed by atoms with Gasteiger partial charge in [-0.15, -0.1) is 0 Å². The number of aliphatic hydroxyl groups is 1. The summed E-state index contributed by atoms with van der Waals surface area (Å²) < 4.78 is 130. The Bertz CT molecular complexity index is 1230. The molecule has 1 heterocycles. The first-order valence-electron chi connectivity index (χ1n) is 10.9. The van der Waals surface area contributed by atoms with Gasteiger partial charge in [-0.05, 0) is 35.9 Å². The number of anilines is 1. The molecule has 0 bridgehead atoms. The molecule has 0 fully saturated rings. The van der Waals surface area contributed by atoms with E-state index in [4.69, 9.17) is 4.74 Å². The van der Waals surface area contributed by atoms with Crippen LogP contribution in [0, 0.1) is 0 Å². The van der Waals surface area contributed by atoms with Gasteiger partial charge in [0, 0.05) is 30.6 Å². The van der Waals surface area contributed by atoms with E-state index < -0.39 is 56.1 Å². The minimum absolute atomic E-state index is 0.00415. The molecular weight excluding hydrogens is 551 g/mol. The minimum Gasteiger partial charge on any atom is -0.457 e. The van der Waals surface area contributed by atoms with E-state index in [9.17, 15) is 44.6 Å². The molecule has 1 unspecified atom stereocenters. The van der Waals surface area contributed by atoms with Crippen molar-refractivity contribution in [3.05, 3.63) is 72.4 Å². The Morgan fingerprint density at radius 2 is 1.51 bits per heavy atom. The van der Waals surface area contributed by atoms with E-state index in [1.54, 1.807) is 0 Å². The largest absolute Gasteiger partial charge is 0.461 e. The van der Waals surface area contributed by atoms with Gasteiger partial charge < -0.3 is 24.2 Å². The Labute approximate surface area is 215 Å². The number of hydrogen-bond acceptors (Lipinski definition) is 6. The second-order valence-corrected chi connectivity index (χ2v) is 7.86. The molecule has 15 heteroatoms. The van der Waals surface area contributed by atoms with E-state index in [0.717, 1.165) is 29.3 Å². The molecule has 6 nitrogen and oxygen atoms in total. The first kappa shape index (κ1) is 29.7. The Kier molecular flexibility index (Phi) is 9.37. The summed E-state index contributed by atoms with van der Waals surface area (Å²) in [6.45, 7) is -4.56. The number of halogens is 9. The fourth-order valence-electron chi connectivity index (χ4n) is 3.19. The predicted molar refractivity (Wildman–Crippen MR) is 119 cm³/mol. The zero-order valence-electron chi connectivity index (χ0n) is 19.5. The zero-order valence-corrected chi connectivity index (χ0v) is 19.5. The third-order valence-electron chi connectivity index (χ3n) is 4.89. The highest BCUT2D eigenvalue weighted by Gasteiger charge is 2.44. The molecule has 0 amide bonds. The SMILES string of the molecule is OC(CN(Cc1cccc(OC(F)(F)C(F)F)c1)c1cccc(Oc2ccnc(OC(F)F)c2)c1)C(F)(F)F.